The van der Waals surface area contributed by atoms with Crippen molar-refractivity contribution in [3.8, 4) is 11.4 Å². The highest BCUT2D eigenvalue weighted by molar-refractivity contribution is 7.71. The Morgan fingerprint density at radius 1 is 1.26 bits per heavy atom. The molecule has 1 aliphatic heterocycles. The van der Waals surface area contributed by atoms with Crippen LogP contribution in [0.4, 0.5) is 4.79 Å². The lowest BCUT2D eigenvalue weighted by Crippen LogP contribution is -2.42. The molecule has 0 atom stereocenters. The number of ether oxygens (including phenoxy) is 2. The number of fused-ring (bicyclic) bond motifs is 1. The second-order valence-corrected chi connectivity index (χ2v) is 7.74. The molecule has 1 amide bonds. The number of para-hydroxylation sites is 2. The fourth-order valence-corrected chi connectivity index (χ4v) is 3.35. The zero-order valence-corrected chi connectivity index (χ0v) is 16.7. The smallest absolute Gasteiger partial charge is 0.410 e. The van der Waals surface area contributed by atoms with Gasteiger partial charge in [0, 0.05) is 17.8 Å². The van der Waals surface area contributed by atoms with Gasteiger partial charge in [-0.3, -0.25) is 4.79 Å². The first-order valence-corrected chi connectivity index (χ1v) is 9.10. The van der Waals surface area contributed by atoms with Crippen molar-refractivity contribution in [2.24, 2.45) is 0 Å². The summed E-state index contributed by atoms with van der Waals surface area (Å²) in [5, 5.41) is 0. The number of nitrogens with zero attached hydrogens (tertiary/aromatic N) is 2. The SMILES string of the molecule is COc1ccccc1-n1c(=S)[nH]c2c(c1=O)CCN(C(=O)OC(C)(C)C)C2. The summed E-state index contributed by atoms with van der Waals surface area (Å²) in [5.41, 5.74) is 1.09. The van der Waals surface area contributed by atoms with Crippen LogP contribution in [0, 0.1) is 4.77 Å². The van der Waals surface area contributed by atoms with Gasteiger partial charge >= 0.3 is 6.09 Å². The average Bonchev–Trinajstić information content (AvgIpc) is 2.60. The summed E-state index contributed by atoms with van der Waals surface area (Å²) in [6.07, 6.45) is 0.0238. The number of nitrogens with one attached hydrogen (secondary N) is 1. The molecule has 0 unspecified atom stereocenters. The molecule has 1 aliphatic rings. The van der Waals surface area contributed by atoms with E-state index in [2.05, 4.69) is 4.98 Å². The van der Waals surface area contributed by atoms with Gasteiger partial charge < -0.3 is 19.4 Å². The van der Waals surface area contributed by atoms with Gasteiger partial charge in [-0.1, -0.05) is 12.1 Å². The number of aromatic nitrogens is 2. The maximum absolute atomic E-state index is 13.1. The summed E-state index contributed by atoms with van der Waals surface area (Å²) >= 11 is 5.42. The van der Waals surface area contributed by atoms with Crippen LogP contribution >= 0.6 is 12.2 Å². The van der Waals surface area contributed by atoms with Crippen LogP contribution < -0.4 is 10.3 Å². The molecule has 0 radical (unpaired) electrons. The number of hydrogen-bond donors (Lipinski definition) is 1. The first-order valence-electron chi connectivity index (χ1n) is 8.69. The highest BCUT2D eigenvalue weighted by Crippen LogP contribution is 2.23. The van der Waals surface area contributed by atoms with E-state index in [0.29, 0.717) is 35.7 Å². The molecule has 2 heterocycles. The number of carbonyl (C=O) groups excluding carboxylic acids is 1. The number of benzene rings is 1. The van der Waals surface area contributed by atoms with E-state index in [4.69, 9.17) is 21.7 Å². The zero-order valence-electron chi connectivity index (χ0n) is 15.9. The Hall–Kier alpha value is -2.61. The van der Waals surface area contributed by atoms with Crippen LogP contribution in [-0.4, -0.2) is 39.8 Å². The Bertz CT molecular complexity index is 988. The van der Waals surface area contributed by atoms with Crippen molar-refractivity contribution in [1.82, 2.24) is 14.5 Å². The summed E-state index contributed by atoms with van der Waals surface area (Å²) in [6.45, 7) is 6.14. The lowest BCUT2D eigenvalue weighted by atomic mass is 10.1. The van der Waals surface area contributed by atoms with Gasteiger partial charge in [-0.25, -0.2) is 9.36 Å². The number of carbonyl (C=O) groups is 1. The van der Waals surface area contributed by atoms with Crippen LogP contribution in [0.1, 0.15) is 32.0 Å². The molecule has 1 aromatic heterocycles. The minimum atomic E-state index is -0.572. The van der Waals surface area contributed by atoms with Crippen LogP contribution in [0.15, 0.2) is 29.1 Å². The standard InChI is InChI=1S/C19H23N3O4S/c1-19(2,3)26-18(24)21-10-9-12-13(11-21)20-17(27)22(16(12)23)14-7-5-6-8-15(14)25-4/h5-8H,9-11H2,1-4H3,(H,20,27). The number of amides is 1. The van der Waals surface area contributed by atoms with Crippen molar-refractivity contribution in [2.45, 2.75) is 39.3 Å². The van der Waals surface area contributed by atoms with Crippen molar-refractivity contribution in [3.63, 3.8) is 0 Å². The Balaban J connectivity index is 1.99. The molecule has 0 spiro atoms. The number of hydrogen-bond acceptors (Lipinski definition) is 5. The minimum absolute atomic E-state index is 0.193. The van der Waals surface area contributed by atoms with Gasteiger partial charge in [-0.15, -0.1) is 0 Å². The third kappa shape index (κ3) is 3.90. The lowest BCUT2D eigenvalue weighted by molar-refractivity contribution is 0.0220. The summed E-state index contributed by atoms with van der Waals surface area (Å²) < 4.78 is 12.5. The van der Waals surface area contributed by atoms with E-state index in [0.717, 1.165) is 0 Å². The van der Waals surface area contributed by atoms with Gasteiger partial charge in [0.25, 0.3) is 5.56 Å². The maximum atomic E-state index is 13.1. The fraction of sp³-hybridized carbons (Fsp3) is 0.421. The van der Waals surface area contributed by atoms with Crippen LogP contribution in [0.25, 0.3) is 5.69 Å². The molecule has 3 rings (SSSR count). The number of aromatic amines is 1. The molecule has 144 valence electrons. The fourth-order valence-electron chi connectivity index (χ4n) is 3.04. The normalized spacial score (nSPS) is 13.9. The minimum Gasteiger partial charge on any atom is -0.495 e. The molecule has 7 nitrogen and oxygen atoms in total. The first-order chi connectivity index (χ1) is 12.7. The van der Waals surface area contributed by atoms with Crippen molar-refractivity contribution >= 4 is 18.3 Å². The van der Waals surface area contributed by atoms with E-state index in [9.17, 15) is 9.59 Å². The topological polar surface area (TPSA) is 76.6 Å². The Labute approximate surface area is 162 Å². The summed E-state index contributed by atoms with van der Waals surface area (Å²) in [5.74, 6) is 0.560. The van der Waals surface area contributed by atoms with Crippen molar-refractivity contribution < 1.29 is 14.3 Å². The molecule has 0 saturated heterocycles. The van der Waals surface area contributed by atoms with Gasteiger partial charge in [0.1, 0.15) is 11.4 Å². The van der Waals surface area contributed by atoms with Crippen molar-refractivity contribution in [1.29, 1.82) is 0 Å². The molecule has 8 heteroatoms. The molecule has 0 fully saturated rings. The second kappa shape index (κ2) is 7.19. The van der Waals surface area contributed by atoms with Gasteiger partial charge in [-0.2, -0.15) is 0 Å². The second-order valence-electron chi connectivity index (χ2n) is 7.35. The molecule has 1 aromatic carbocycles. The summed E-state index contributed by atoms with van der Waals surface area (Å²) in [4.78, 5) is 30.1. The molecule has 0 bridgehead atoms. The first kappa shape index (κ1) is 19.2. The van der Waals surface area contributed by atoms with E-state index in [1.165, 1.54) is 4.57 Å². The number of methoxy groups -OCH3 is 1. The predicted molar refractivity (Wildman–Crippen MR) is 104 cm³/mol. The van der Waals surface area contributed by atoms with Crippen molar-refractivity contribution in [3.05, 3.63) is 50.6 Å². The maximum Gasteiger partial charge on any atom is 0.410 e. The average molecular weight is 389 g/mol. The quantitative estimate of drug-likeness (QED) is 0.798. The third-order valence-electron chi connectivity index (χ3n) is 4.24. The van der Waals surface area contributed by atoms with Gasteiger partial charge in [0.05, 0.1) is 19.3 Å². The predicted octanol–water partition coefficient (Wildman–Crippen LogP) is 3.20. The van der Waals surface area contributed by atoms with E-state index in [1.54, 1.807) is 24.1 Å². The highest BCUT2D eigenvalue weighted by atomic mass is 32.1. The molecular formula is C19H23N3O4S. The van der Waals surface area contributed by atoms with Crippen molar-refractivity contribution in [2.75, 3.05) is 13.7 Å². The molecule has 0 aliphatic carbocycles. The van der Waals surface area contributed by atoms with Gasteiger partial charge in [0.15, 0.2) is 4.77 Å². The third-order valence-corrected chi connectivity index (χ3v) is 4.53. The number of H-pyrrole nitrogens is 1. The Morgan fingerprint density at radius 2 is 1.96 bits per heavy atom. The van der Waals surface area contributed by atoms with Gasteiger partial charge in [0.2, 0.25) is 0 Å². The molecular weight excluding hydrogens is 366 g/mol. The van der Waals surface area contributed by atoms with E-state index < -0.39 is 11.7 Å². The Morgan fingerprint density at radius 3 is 2.63 bits per heavy atom. The van der Waals surface area contributed by atoms with Crippen LogP contribution in [0.3, 0.4) is 0 Å². The van der Waals surface area contributed by atoms with Gasteiger partial charge in [-0.05, 0) is 51.5 Å². The zero-order chi connectivity index (χ0) is 19.8. The largest absolute Gasteiger partial charge is 0.495 e. The van der Waals surface area contributed by atoms with Crippen LogP contribution in [-0.2, 0) is 17.7 Å². The van der Waals surface area contributed by atoms with Crippen LogP contribution in [0.5, 0.6) is 5.75 Å². The molecule has 0 saturated carbocycles. The molecule has 2 aromatic rings. The monoisotopic (exact) mass is 389 g/mol. The Kier molecular flexibility index (Phi) is 5.10. The van der Waals surface area contributed by atoms with Crippen LogP contribution in [0.2, 0.25) is 0 Å². The summed E-state index contributed by atoms with van der Waals surface area (Å²) in [7, 11) is 1.55. The van der Waals surface area contributed by atoms with E-state index in [1.807, 2.05) is 32.9 Å². The molecule has 1 N–H and O–H groups in total. The number of rotatable bonds is 2. The summed E-state index contributed by atoms with van der Waals surface area (Å²) in [6, 6.07) is 7.21. The van der Waals surface area contributed by atoms with E-state index in [-0.39, 0.29) is 16.9 Å². The highest BCUT2D eigenvalue weighted by Gasteiger charge is 2.28. The molecule has 27 heavy (non-hydrogen) atoms. The van der Waals surface area contributed by atoms with E-state index >= 15 is 0 Å². The lowest BCUT2D eigenvalue weighted by Gasteiger charge is -2.31.